The first-order valence-electron chi connectivity index (χ1n) is 6.80. The molecule has 0 aliphatic carbocycles. The molecule has 2 N–H and O–H groups in total. The maximum Gasteiger partial charge on any atom is 0.298 e. The van der Waals surface area contributed by atoms with Crippen molar-refractivity contribution in [3.63, 3.8) is 0 Å². The molecule has 1 heterocycles. The van der Waals surface area contributed by atoms with E-state index >= 15 is 0 Å². The summed E-state index contributed by atoms with van der Waals surface area (Å²) >= 11 is 1.29. The van der Waals surface area contributed by atoms with Crippen molar-refractivity contribution in [1.82, 2.24) is 9.36 Å². The van der Waals surface area contributed by atoms with Gasteiger partial charge in [0.15, 0.2) is 0 Å². The predicted molar refractivity (Wildman–Crippen MR) is 83.8 cm³/mol. The first kappa shape index (κ1) is 14.8. The Bertz CT molecular complexity index is 605. The third-order valence-electron chi connectivity index (χ3n) is 3.16. The standard InChI is InChI=1S/C15H21N3OS/c1-8(2)11-7-12(16)10(5)6-13(11)19-15-17-14(9(3)4)18-20-15/h6-9H,16H2,1-5H3. The fraction of sp³-hybridized carbons (Fsp3) is 0.467. The van der Waals surface area contributed by atoms with Gasteiger partial charge in [-0.2, -0.15) is 9.36 Å². The Morgan fingerprint density at radius 1 is 1.15 bits per heavy atom. The summed E-state index contributed by atoms with van der Waals surface area (Å²) in [7, 11) is 0. The number of rotatable bonds is 4. The zero-order valence-corrected chi connectivity index (χ0v) is 13.4. The Balaban J connectivity index is 2.34. The minimum Gasteiger partial charge on any atom is -0.430 e. The van der Waals surface area contributed by atoms with Crippen molar-refractivity contribution < 1.29 is 4.74 Å². The van der Waals surface area contributed by atoms with Gasteiger partial charge in [0, 0.05) is 23.1 Å². The van der Waals surface area contributed by atoms with Crippen LogP contribution in [0.4, 0.5) is 5.69 Å². The van der Waals surface area contributed by atoms with Crippen LogP contribution in [0.2, 0.25) is 0 Å². The highest BCUT2D eigenvalue weighted by Gasteiger charge is 2.14. The minimum atomic E-state index is 0.307. The van der Waals surface area contributed by atoms with E-state index < -0.39 is 0 Å². The molecule has 0 atom stereocenters. The molecule has 2 aromatic rings. The van der Waals surface area contributed by atoms with E-state index in [2.05, 4.69) is 37.1 Å². The maximum absolute atomic E-state index is 5.98. The number of nitrogens with two attached hydrogens (primary N) is 1. The van der Waals surface area contributed by atoms with Crippen molar-refractivity contribution in [3.8, 4) is 10.9 Å². The lowest BCUT2D eigenvalue weighted by Gasteiger charge is -2.14. The fourth-order valence-corrected chi connectivity index (χ4v) is 2.53. The molecule has 0 saturated carbocycles. The van der Waals surface area contributed by atoms with Gasteiger partial charge in [-0.3, -0.25) is 0 Å². The van der Waals surface area contributed by atoms with Gasteiger partial charge in [0.2, 0.25) is 0 Å². The summed E-state index contributed by atoms with van der Waals surface area (Å²) in [5, 5.41) is 0.583. The van der Waals surface area contributed by atoms with Crippen LogP contribution in [0, 0.1) is 6.92 Å². The number of benzene rings is 1. The maximum atomic E-state index is 5.98. The van der Waals surface area contributed by atoms with E-state index in [1.807, 2.05) is 19.1 Å². The Morgan fingerprint density at radius 3 is 2.40 bits per heavy atom. The number of ether oxygens (including phenoxy) is 1. The lowest BCUT2D eigenvalue weighted by molar-refractivity contribution is 0.467. The second-order valence-corrected chi connectivity index (χ2v) is 6.29. The first-order valence-corrected chi connectivity index (χ1v) is 7.57. The highest BCUT2D eigenvalue weighted by molar-refractivity contribution is 7.07. The molecule has 0 amide bonds. The van der Waals surface area contributed by atoms with Crippen LogP contribution in [0.3, 0.4) is 0 Å². The molecule has 5 heteroatoms. The lowest BCUT2D eigenvalue weighted by atomic mass is 9.99. The second-order valence-electron chi connectivity index (χ2n) is 5.58. The summed E-state index contributed by atoms with van der Waals surface area (Å²) in [4.78, 5) is 4.41. The molecule has 1 aromatic carbocycles. The average Bonchev–Trinajstić information content (AvgIpc) is 2.82. The molecule has 0 unspecified atom stereocenters. The highest BCUT2D eigenvalue weighted by Crippen LogP contribution is 2.34. The molecular weight excluding hydrogens is 270 g/mol. The van der Waals surface area contributed by atoms with Gasteiger partial charge in [0.1, 0.15) is 11.6 Å². The Kier molecular flexibility index (Phi) is 4.28. The third-order valence-corrected chi connectivity index (χ3v) is 3.77. The number of hydrogen-bond acceptors (Lipinski definition) is 5. The molecule has 4 nitrogen and oxygen atoms in total. The van der Waals surface area contributed by atoms with Gasteiger partial charge < -0.3 is 10.5 Å². The van der Waals surface area contributed by atoms with Crippen LogP contribution in [-0.2, 0) is 0 Å². The molecule has 0 saturated heterocycles. The van der Waals surface area contributed by atoms with Crippen molar-refractivity contribution in [2.75, 3.05) is 5.73 Å². The van der Waals surface area contributed by atoms with Gasteiger partial charge >= 0.3 is 0 Å². The summed E-state index contributed by atoms with van der Waals surface area (Å²) in [6.45, 7) is 10.4. The largest absolute Gasteiger partial charge is 0.430 e. The van der Waals surface area contributed by atoms with Crippen LogP contribution in [0.25, 0.3) is 0 Å². The van der Waals surface area contributed by atoms with Crippen LogP contribution in [0.1, 0.15) is 56.5 Å². The van der Waals surface area contributed by atoms with Crippen LogP contribution in [0.15, 0.2) is 12.1 Å². The van der Waals surface area contributed by atoms with Crippen LogP contribution in [-0.4, -0.2) is 9.36 Å². The van der Waals surface area contributed by atoms with E-state index in [-0.39, 0.29) is 0 Å². The summed E-state index contributed by atoms with van der Waals surface area (Å²) in [6, 6.07) is 3.96. The topological polar surface area (TPSA) is 61.0 Å². The van der Waals surface area contributed by atoms with Gasteiger partial charge in [-0.1, -0.05) is 27.7 Å². The van der Waals surface area contributed by atoms with E-state index in [0.29, 0.717) is 17.0 Å². The Morgan fingerprint density at radius 2 is 1.85 bits per heavy atom. The lowest BCUT2D eigenvalue weighted by Crippen LogP contribution is -1.99. The van der Waals surface area contributed by atoms with Gasteiger partial charge in [-0.15, -0.1) is 0 Å². The molecule has 108 valence electrons. The van der Waals surface area contributed by atoms with Crippen molar-refractivity contribution in [2.24, 2.45) is 0 Å². The highest BCUT2D eigenvalue weighted by atomic mass is 32.1. The van der Waals surface area contributed by atoms with E-state index in [0.717, 1.165) is 28.4 Å². The smallest absolute Gasteiger partial charge is 0.298 e. The number of aryl methyl sites for hydroxylation is 1. The predicted octanol–water partition coefficient (Wildman–Crippen LogP) is 4.47. The SMILES string of the molecule is Cc1cc(Oc2nc(C(C)C)ns2)c(C(C)C)cc1N. The Hall–Kier alpha value is -1.62. The van der Waals surface area contributed by atoms with Crippen LogP contribution >= 0.6 is 11.5 Å². The average molecular weight is 291 g/mol. The van der Waals surface area contributed by atoms with Crippen LogP contribution < -0.4 is 10.5 Å². The van der Waals surface area contributed by atoms with Crippen molar-refractivity contribution >= 4 is 17.2 Å². The zero-order chi connectivity index (χ0) is 14.9. The van der Waals surface area contributed by atoms with Crippen molar-refractivity contribution in [2.45, 2.75) is 46.5 Å². The van der Waals surface area contributed by atoms with E-state index in [4.69, 9.17) is 10.5 Å². The van der Waals surface area contributed by atoms with E-state index in [1.165, 1.54) is 11.5 Å². The van der Waals surface area contributed by atoms with E-state index in [1.54, 1.807) is 0 Å². The number of hydrogen-bond donors (Lipinski definition) is 1. The monoisotopic (exact) mass is 291 g/mol. The van der Waals surface area contributed by atoms with Gasteiger partial charge in [-0.05, 0) is 36.1 Å². The normalized spacial score (nSPS) is 11.3. The van der Waals surface area contributed by atoms with Gasteiger partial charge in [0.05, 0.1) is 0 Å². The molecule has 1 aromatic heterocycles. The summed E-state index contributed by atoms with van der Waals surface area (Å²) in [6.07, 6.45) is 0. The molecule has 0 radical (unpaired) electrons. The zero-order valence-electron chi connectivity index (χ0n) is 12.6. The van der Waals surface area contributed by atoms with Gasteiger partial charge in [-0.25, -0.2) is 0 Å². The summed E-state index contributed by atoms with van der Waals surface area (Å²) in [5.41, 5.74) is 8.88. The van der Waals surface area contributed by atoms with Crippen molar-refractivity contribution in [1.29, 1.82) is 0 Å². The first-order chi connectivity index (χ1) is 9.38. The number of anilines is 1. The molecule has 0 spiro atoms. The minimum absolute atomic E-state index is 0.307. The second kappa shape index (κ2) is 5.79. The summed E-state index contributed by atoms with van der Waals surface area (Å²) in [5.74, 6) is 2.29. The summed E-state index contributed by atoms with van der Waals surface area (Å²) < 4.78 is 10.2. The van der Waals surface area contributed by atoms with Gasteiger partial charge in [0.25, 0.3) is 5.19 Å². The van der Waals surface area contributed by atoms with Crippen LogP contribution in [0.5, 0.6) is 10.9 Å². The third kappa shape index (κ3) is 3.10. The molecule has 0 aliphatic heterocycles. The Labute approximate surface area is 124 Å². The van der Waals surface area contributed by atoms with E-state index in [9.17, 15) is 0 Å². The molecule has 0 fully saturated rings. The number of nitrogen functional groups attached to an aromatic ring is 1. The van der Waals surface area contributed by atoms with Crippen molar-refractivity contribution in [3.05, 3.63) is 29.1 Å². The fourth-order valence-electron chi connectivity index (χ4n) is 1.85. The molecule has 2 rings (SSSR count). The molecule has 0 aliphatic rings. The molecular formula is C15H21N3OS. The number of nitrogens with zero attached hydrogens (tertiary/aromatic N) is 2. The quantitative estimate of drug-likeness (QED) is 0.844. The molecule has 20 heavy (non-hydrogen) atoms. The molecule has 0 bridgehead atoms. The number of aromatic nitrogens is 2.